The maximum absolute atomic E-state index is 10.1. The van der Waals surface area contributed by atoms with Gasteiger partial charge in [0.2, 0.25) is 0 Å². The fourth-order valence-electron chi connectivity index (χ4n) is 0.809. The van der Waals surface area contributed by atoms with Crippen LogP contribution in [-0.4, -0.2) is 48.8 Å². The molecule has 0 rings (SSSR count). The second kappa shape index (κ2) is 26.8. The van der Waals surface area contributed by atoms with Crippen LogP contribution in [0.25, 0.3) is 0 Å². The Morgan fingerprint density at radius 2 is 1.04 bits per heavy atom. The lowest BCUT2D eigenvalue weighted by molar-refractivity contribution is -0.141. The number of rotatable bonds is 6. The molecule has 1 N–H and O–H groups in total. The molecule has 0 aliphatic carbocycles. The summed E-state index contributed by atoms with van der Waals surface area (Å²) in [6.45, 7) is 12.7. The number of esters is 3. The summed E-state index contributed by atoms with van der Waals surface area (Å²) in [5.41, 5.74) is 0. The van der Waals surface area contributed by atoms with Crippen LogP contribution < -0.4 is 0 Å². The van der Waals surface area contributed by atoms with E-state index in [1.807, 2.05) is 6.92 Å². The molecule has 0 aromatic carbocycles. The summed E-state index contributed by atoms with van der Waals surface area (Å²) in [6.07, 6.45) is 2.95. The Labute approximate surface area is 150 Å². The molecule has 0 aliphatic rings. The quantitative estimate of drug-likeness (QED) is 0.433. The highest BCUT2D eigenvalue weighted by molar-refractivity contribution is 5.66. The van der Waals surface area contributed by atoms with Gasteiger partial charge in [0.1, 0.15) is 0 Å². The third kappa shape index (κ3) is 88.6. The average molecular weight is 366 g/mol. The van der Waals surface area contributed by atoms with Crippen LogP contribution >= 0.6 is 0 Å². The van der Waals surface area contributed by atoms with Gasteiger partial charge in [-0.05, 0) is 19.8 Å². The molecule has 0 aromatic rings. The van der Waals surface area contributed by atoms with Gasteiger partial charge in [0.05, 0.1) is 19.8 Å². The van der Waals surface area contributed by atoms with Crippen LogP contribution in [0, 0.1) is 0 Å². The molecule has 0 aliphatic heterocycles. The van der Waals surface area contributed by atoms with Crippen LogP contribution in [-0.2, 0) is 33.4 Å². The Kier molecular flexibility index (Phi) is 32.9. The van der Waals surface area contributed by atoms with Crippen molar-refractivity contribution in [1.82, 2.24) is 0 Å². The third-order valence-corrected chi connectivity index (χ3v) is 1.66. The van der Waals surface area contributed by atoms with Gasteiger partial charge in [-0.3, -0.25) is 19.2 Å². The summed E-state index contributed by atoms with van der Waals surface area (Å²) >= 11 is 0. The molecule has 0 heterocycles. The van der Waals surface area contributed by atoms with Crippen LogP contribution in [0.15, 0.2) is 0 Å². The highest BCUT2D eigenvalue weighted by Gasteiger charge is 1.88. The maximum atomic E-state index is 10.1. The van der Waals surface area contributed by atoms with Crippen LogP contribution in [0.4, 0.5) is 0 Å². The molecular formula is C17H34O8. The van der Waals surface area contributed by atoms with Gasteiger partial charge < -0.3 is 19.3 Å². The zero-order valence-electron chi connectivity index (χ0n) is 16.5. The highest BCUT2D eigenvalue weighted by atomic mass is 16.5. The predicted octanol–water partition coefficient (Wildman–Crippen LogP) is 2.97. The number of unbranched alkanes of at least 4 members (excludes halogenated alkanes) is 1. The van der Waals surface area contributed by atoms with E-state index in [0.29, 0.717) is 19.8 Å². The molecule has 0 unspecified atom stereocenters. The van der Waals surface area contributed by atoms with E-state index in [1.165, 1.54) is 20.8 Å². The van der Waals surface area contributed by atoms with Gasteiger partial charge in [-0.1, -0.05) is 20.3 Å². The van der Waals surface area contributed by atoms with Crippen LogP contribution in [0.1, 0.15) is 67.7 Å². The van der Waals surface area contributed by atoms with Crippen molar-refractivity contribution in [3.63, 3.8) is 0 Å². The summed E-state index contributed by atoms with van der Waals surface area (Å²) in [5.74, 6) is -1.42. The van der Waals surface area contributed by atoms with E-state index in [-0.39, 0.29) is 17.9 Å². The molecule has 0 radical (unpaired) electrons. The fraction of sp³-hybridized carbons (Fsp3) is 0.765. The molecule has 0 bridgehead atoms. The minimum atomic E-state index is -0.833. The number of carboxylic acids is 1. The standard InChI is InChI=1S/C6H12O2.C5H10O2.C4H8O2.C2H4O2/c1-3-4-5-8-6(2)7;1-3-4-7-5(2)6;1-3-6-4(2)5;1-2(3)4/h3-5H2,1-2H3;3-4H2,1-2H3;3H2,1-2H3;1H3,(H,3,4). The summed E-state index contributed by atoms with van der Waals surface area (Å²) in [4.78, 5) is 38.9. The number of aliphatic carboxylic acids is 1. The Morgan fingerprint density at radius 3 is 1.20 bits per heavy atom. The first-order valence-corrected chi connectivity index (χ1v) is 8.14. The Bertz CT molecular complexity index is 336. The largest absolute Gasteiger partial charge is 0.481 e. The van der Waals surface area contributed by atoms with Crippen molar-refractivity contribution in [2.24, 2.45) is 0 Å². The summed E-state index contributed by atoms with van der Waals surface area (Å²) in [7, 11) is 0. The first kappa shape index (κ1) is 30.7. The molecule has 8 heteroatoms. The van der Waals surface area contributed by atoms with Gasteiger partial charge in [0, 0.05) is 27.7 Å². The molecular weight excluding hydrogens is 332 g/mol. The molecule has 0 fully saturated rings. The van der Waals surface area contributed by atoms with Gasteiger partial charge >= 0.3 is 17.9 Å². The molecule has 8 nitrogen and oxygen atoms in total. The van der Waals surface area contributed by atoms with Crippen LogP contribution in [0.2, 0.25) is 0 Å². The molecule has 0 saturated heterocycles. The van der Waals surface area contributed by atoms with Crippen molar-refractivity contribution in [3.05, 3.63) is 0 Å². The smallest absolute Gasteiger partial charge is 0.302 e. The normalized spacial score (nSPS) is 7.96. The maximum Gasteiger partial charge on any atom is 0.302 e. The number of hydrogen-bond acceptors (Lipinski definition) is 7. The number of carbonyl (C=O) groups excluding carboxylic acids is 3. The monoisotopic (exact) mass is 366 g/mol. The van der Waals surface area contributed by atoms with E-state index in [0.717, 1.165) is 26.2 Å². The molecule has 0 amide bonds. The van der Waals surface area contributed by atoms with Crippen molar-refractivity contribution in [2.75, 3.05) is 19.8 Å². The molecule has 150 valence electrons. The summed E-state index contributed by atoms with van der Waals surface area (Å²) in [6, 6.07) is 0. The molecule has 0 aromatic heterocycles. The van der Waals surface area contributed by atoms with Crippen molar-refractivity contribution < 1.29 is 38.5 Å². The van der Waals surface area contributed by atoms with E-state index < -0.39 is 5.97 Å². The van der Waals surface area contributed by atoms with Gasteiger partial charge in [0.15, 0.2) is 0 Å². The average Bonchev–Trinajstić information content (AvgIpc) is 2.45. The Hall–Kier alpha value is -2.12. The zero-order chi connectivity index (χ0) is 20.7. The number of hydrogen-bond donors (Lipinski definition) is 1. The first-order chi connectivity index (χ1) is 11.5. The molecule has 0 atom stereocenters. The lowest BCUT2D eigenvalue weighted by Crippen LogP contribution is -1.99. The summed E-state index contributed by atoms with van der Waals surface area (Å²) < 4.78 is 13.6. The fourth-order valence-corrected chi connectivity index (χ4v) is 0.809. The van der Waals surface area contributed by atoms with E-state index in [1.54, 1.807) is 6.92 Å². The van der Waals surface area contributed by atoms with E-state index >= 15 is 0 Å². The Morgan fingerprint density at radius 1 is 0.680 bits per heavy atom. The van der Waals surface area contributed by atoms with E-state index in [9.17, 15) is 14.4 Å². The van der Waals surface area contributed by atoms with Gasteiger partial charge in [-0.15, -0.1) is 0 Å². The third-order valence-electron chi connectivity index (χ3n) is 1.66. The minimum Gasteiger partial charge on any atom is -0.481 e. The minimum absolute atomic E-state index is 0.182. The second-order valence-electron chi connectivity index (χ2n) is 4.48. The lowest BCUT2D eigenvalue weighted by atomic mass is 10.4. The van der Waals surface area contributed by atoms with E-state index in [4.69, 9.17) is 9.90 Å². The van der Waals surface area contributed by atoms with Gasteiger partial charge in [-0.25, -0.2) is 0 Å². The van der Waals surface area contributed by atoms with Crippen molar-refractivity contribution >= 4 is 23.9 Å². The lowest BCUT2D eigenvalue weighted by Gasteiger charge is -1.96. The first-order valence-electron chi connectivity index (χ1n) is 8.14. The molecule has 25 heavy (non-hydrogen) atoms. The Balaban J connectivity index is -0.000000121. The van der Waals surface area contributed by atoms with Crippen molar-refractivity contribution in [3.8, 4) is 0 Å². The van der Waals surface area contributed by atoms with E-state index in [2.05, 4.69) is 21.1 Å². The number of ether oxygens (including phenoxy) is 3. The SMILES string of the molecule is CC(=O)O.CCCCOC(C)=O.CCCOC(C)=O.CCOC(C)=O. The second-order valence-corrected chi connectivity index (χ2v) is 4.48. The zero-order valence-corrected chi connectivity index (χ0v) is 16.5. The van der Waals surface area contributed by atoms with Gasteiger partial charge in [-0.2, -0.15) is 0 Å². The summed E-state index contributed by atoms with van der Waals surface area (Å²) in [5, 5.41) is 7.42. The van der Waals surface area contributed by atoms with Crippen LogP contribution in [0.5, 0.6) is 0 Å². The highest BCUT2D eigenvalue weighted by Crippen LogP contribution is 1.86. The number of carbonyl (C=O) groups is 4. The number of carboxylic acid groups (broad SMARTS) is 1. The van der Waals surface area contributed by atoms with Crippen LogP contribution in [0.3, 0.4) is 0 Å². The predicted molar refractivity (Wildman–Crippen MR) is 94.1 cm³/mol. The van der Waals surface area contributed by atoms with Crippen molar-refractivity contribution in [2.45, 2.75) is 67.7 Å². The van der Waals surface area contributed by atoms with Crippen molar-refractivity contribution in [1.29, 1.82) is 0 Å². The van der Waals surface area contributed by atoms with Gasteiger partial charge in [0.25, 0.3) is 5.97 Å². The molecule has 0 spiro atoms. The topological polar surface area (TPSA) is 116 Å². The molecule has 0 saturated carbocycles.